The van der Waals surface area contributed by atoms with E-state index in [2.05, 4.69) is 4.90 Å². The molecule has 0 amide bonds. The fraction of sp³-hybridized carbons (Fsp3) is 0.571. The van der Waals surface area contributed by atoms with Crippen LogP contribution in [-0.2, 0) is 11.3 Å². The average molecular weight is 252 g/mol. The Balaban J connectivity index is 2.05. The molecule has 0 saturated carbocycles. The molecular formula is C14H21FN2O. The molecule has 1 aromatic carbocycles. The number of piperidine rings is 1. The van der Waals surface area contributed by atoms with Gasteiger partial charge in [-0.25, -0.2) is 4.39 Å². The third kappa shape index (κ3) is 3.00. The summed E-state index contributed by atoms with van der Waals surface area (Å²) in [5.41, 5.74) is 7.63. The Morgan fingerprint density at radius 2 is 2.11 bits per heavy atom. The second-order valence-corrected chi connectivity index (χ2v) is 4.62. The van der Waals surface area contributed by atoms with Crippen molar-refractivity contribution in [3.05, 3.63) is 29.6 Å². The number of hydrogen-bond acceptors (Lipinski definition) is 3. The zero-order chi connectivity index (χ0) is 13.0. The minimum Gasteiger partial charge on any atom is -0.378 e. The van der Waals surface area contributed by atoms with Gasteiger partial charge in [0.05, 0.1) is 6.10 Å². The lowest BCUT2D eigenvalue weighted by Gasteiger charge is -2.34. The lowest BCUT2D eigenvalue weighted by molar-refractivity contribution is 0.0459. The van der Waals surface area contributed by atoms with Gasteiger partial charge in [0.25, 0.3) is 0 Å². The molecule has 0 unspecified atom stereocenters. The molecule has 1 aliphatic rings. The summed E-state index contributed by atoms with van der Waals surface area (Å²) in [6.45, 7) is 5.07. The Bertz CT molecular complexity index is 389. The van der Waals surface area contributed by atoms with Crippen molar-refractivity contribution >= 4 is 5.69 Å². The Morgan fingerprint density at radius 3 is 2.72 bits per heavy atom. The van der Waals surface area contributed by atoms with Crippen LogP contribution in [0.5, 0.6) is 0 Å². The van der Waals surface area contributed by atoms with Gasteiger partial charge in [-0.3, -0.25) is 0 Å². The molecule has 1 heterocycles. The second-order valence-electron chi connectivity index (χ2n) is 4.62. The molecule has 100 valence electrons. The lowest BCUT2D eigenvalue weighted by Crippen LogP contribution is -2.37. The van der Waals surface area contributed by atoms with Crippen molar-refractivity contribution in [1.82, 2.24) is 0 Å². The minimum atomic E-state index is -0.219. The van der Waals surface area contributed by atoms with Gasteiger partial charge in [-0.05, 0) is 43.5 Å². The Labute approximate surface area is 108 Å². The van der Waals surface area contributed by atoms with E-state index in [9.17, 15) is 4.39 Å². The fourth-order valence-electron chi connectivity index (χ4n) is 2.53. The first kappa shape index (κ1) is 13.3. The topological polar surface area (TPSA) is 38.5 Å². The molecule has 1 aliphatic heterocycles. The molecule has 3 nitrogen and oxygen atoms in total. The molecule has 2 rings (SSSR count). The number of nitrogens with two attached hydrogens (primary N) is 1. The maximum atomic E-state index is 13.2. The van der Waals surface area contributed by atoms with E-state index in [0.717, 1.165) is 43.8 Å². The van der Waals surface area contributed by atoms with Gasteiger partial charge in [-0.2, -0.15) is 0 Å². The molecule has 0 aromatic heterocycles. The number of rotatable bonds is 4. The molecule has 0 radical (unpaired) electrons. The van der Waals surface area contributed by atoms with Crippen molar-refractivity contribution in [2.24, 2.45) is 5.73 Å². The van der Waals surface area contributed by atoms with Crippen LogP contribution < -0.4 is 10.6 Å². The van der Waals surface area contributed by atoms with Crippen LogP contribution in [0.1, 0.15) is 25.3 Å². The molecule has 0 aliphatic carbocycles. The average Bonchev–Trinajstić information content (AvgIpc) is 2.40. The van der Waals surface area contributed by atoms with Crippen LogP contribution in [-0.4, -0.2) is 25.8 Å². The molecule has 1 aromatic rings. The molecular weight excluding hydrogens is 231 g/mol. The molecule has 0 spiro atoms. The quantitative estimate of drug-likeness (QED) is 0.893. The van der Waals surface area contributed by atoms with Crippen molar-refractivity contribution in [3.8, 4) is 0 Å². The van der Waals surface area contributed by atoms with Crippen LogP contribution in [0.25, 0.3) is 0 Å². The summed E-state index contributed by atoms with van der Waals surface area (Å²) in [4.78, 5) is 2.27. The summed E-state index contributed by atoms with van der Waals surface area (Å²) in [5, 5.41) is 0. The molecule has 2 N–H and O–H groups in total. The highest BCUT2D eigenvalue weighted by atomic mass is 19.1. The highest BCUT2D eigenvalue weighted by Gasteiger charge is 2.20. The van der Waals surface area contributed by atoms with Crippen molar-refractivity contribution in [2.75, 3.05) is 24.6 Å². The van der Waals surface area contributed by atoms with Crippen LogP contribution in [0.4, 0.5) is 10.1 Å². The van der Waals surface area contributed by atoms with Crippen molar-refractivity contribution < 1.29 is 9.13 Å². The monoisotopic (exact) mass is 252 g/mol. The minimum absolute atomic E-state index is 0.219. The van der Waals surface area contributed by atoms with Crippen molar-refractivity contribution in [1.29, 1.82) is 0 Å². The van der Waals surface area contributed by atoms with Gasteiger partial charge in [-0.15, -0.1) is 0 Å². The fourth-order valence-corrected chi connectivity index (χ4v) is 2.53. The summed E-state index contributed by atoms with van der Waals surface area (Å²) < 4.78 is 18.8. The summed E-state index contributed by atoms with van der Waals surface area (Å²) in [7, 11) is 0. The van der Waals surface area contributed by atoms with Crippen LogP contribution in [0.3, 0.4) is 0 Å². The zero-order valence-corrected chi connectivity index (χ0v) is 10.9. The third-order valence-electron chi connectivity index (χ3n) is 3.45. The normalized spacial score (nSPS) is 17.2. The molecule has 0 bridgehead atoms. The van der Waals surface area contributed by atoms with E-state index in [1.165, 1.54) is 12.1 Å². The molecule has 1 saturated heterocycles. The van der Waals surface area contributed by atoms with E-state index in [-0.39, 0.29) is 5.82 Å². The maximum absolute atomic E-state index is 13.2. The predicted octanol–water partition coefficient (Wildman–Crippen LogP) is 2.29. The Morgan fingerprint density at radius 1 is 1.39 bits per heavy atom. The van der Waals surface area contributed by atoms with Gasteiger partial charge < -0.3 is 15.4 Å². The first-order valence-corrected chi connectivity index (χ1v) is 6.59. The molecule has 0 atom stereocenters. The summed E-state index contributed by atoms with van der Waals surface area (Å²) >= 11 is 0. The van der Waals surface area contributed by atoms with Gasteiger partial charge in [-0.1, -0.05) is 0 Å². The second kappa shape index (κ2) is 6.16. The highest BCUT2D eigenvalue weighted by molar-refractivity contribution is 5.54. The number of benzene rings is 1. The highest BCUT2D eigenvalue weighted by Crippen LogP contribution is 2.25. The van der Waals surface area contributed by atoms with Gasteiger partial charge >= 0.3 is 0 Å². The van der Waals surface area contributed by atoms with E-state index in [1.807, 2.05) is 13.0 Å². The third-order valence-corrected chi connectivity index (χ3v) is 3.45. The van der Waals surface area contributed by atoms with Gasteiger partial charge in [0.1, 0.15) is 5.82 Å². The number of ether oxygens (including phenoxy) is 1. The van der Waals surface area contributed by atoms with Crippen LogP contribution in [0, 0.1) is 5.82 Å². The first-order valence-electron chi connectivity index (χ1n) is 6.59. The number of hydrogen-bond donors (Lipinski definition) is 1. The van der Waals surface area contributed by atoms with E-state index in [1.54, 1.807) is 0 Å². The van der Waals surface area contributed by atoms with Gasteiger partial charge in [0.15, 0.2) is 0 Å². The van der Waals surface area contributed by atoms with Crippen LogP contribution in [0.2, 0.25) is 0 Å². The van der Waals surface area contributed by atoms with E-state index >= 15 is 0 Å². The number of anilines is 1. The standard InChI is InChI=1S/C14H21FN2O/c1-2-18-13-5-7-17(8-6-13)14-4-3-12(15)9-11(14)10-16/h3-4,9,13H,2,5-8,10,16H2,1H3. The first-order chi connectivity index (χ1) is 8.74. The SMILES string of the molecule is CCOC1CCN(c2ccc(F)cc2CN)CC1. The zero-order valence-electron chi connectivity index (χ0n) is 10.9. The van der Waals surface area contributed by atoms with Crippen molar-refractivity contribution in [2.45, 2.75) is 32.4 Å². The van der Waals surface area contributed by atoms with Crippen LogP contribution in [0.15, 0.2) is 18.2 Å². The summed E-state index contributed by atoms with van der Waals surface area (Å²) in [5.74, 6) is -0.219. The smallest absolute Gasteiger partial charge is 0.123 e. The molecule has 1 fully saturated rings. The summed E-state index contributed by atoms with van der Waals surface area (Å²) in [6.07, 6.45) is 2.41. The van der Waals surface area contributed by atoms with Crippen molar-refractivity contribution in [3.63, 3.8) is 0 Å². The lowest BCUT2D eigenvalue weighted by atomic mass is 10.0. The van der Waals surface area contributed by atoms with Gasteiger partial charge in [0, 0.05) is 31.9 Å². The van der Waals surface area contributed by atoms with E-state index in [4.69, 9.17) is 10.5 Å². The van der Waals surface area contributed by atoms with Crippen LogP contribution >= 0.6 is 0 Å². The van der Waals surface area contributed by atoms with Gasteiger partial charge in [0.2, 0.25) is 0 Å². The van der Waals surface area contributed by atoms with E-state index < -0.39 is 0 Å². The summed E-state index contributed by atoms with van der Waals surface area (Å²) in [6, 6.07) is 4.87. The predicted molar refractivity (Wildman–Crippen MR) is 71.2 cm³/mol. The Hall–Kier alpha value is -1.13. The number of halogens is 1. The number of nitrogens with zero attached hydrogens (tertiary/aromatic N) is 1. The largest absolute Gasteiger partial charge is 0.378 e. The maximum Gasteiger partial charge on any atom is 0.123 e. The van der Waals surface area contributed by atoms with E-state index in [0.29, 0.717) is 12.6 Å². The molecule has 18 heavy (non-hydrogen) atoms. The molecule has 4 heteroatoms. The Kier molecular flexibility index (Phi) is 4.55.